The Balaban J connectivity index is 1.56. The molecule has 1 N–H and O–H groups in total. The molecule has 0 aliphatic heterocycles. The van der Waals surface area contributed by atoms with E-state index in [-0.39, 0.29) is 17.2 Å². The van der Waals surface area contributed by atoms with Crippen molar-refractivity contribution in [2.45, 2.75) is 32.6 Å². The highest BCUT2D eigenvalue weighted by atomic mass is 16.2. The van der Waals surface area contributed by atoms with E-state index in [1.54, 1.807) is 18.3 Å². The van der Waals surface area contributed by atoms with Crippen molar-refractivity contribution >= 4 is 12.1 Å². The molecule has 0 unspecified atom stereocenters. The molecule has 3 atom stereocenters. The lowest BCUT2D eigenvalue weighted by Gasteiger charge is -2.15. The van der Waals surface area contributed by atoms with Crippen LogP contribution in [0.1, 0.15) is 43.7 Å². The first-order valence-corrected chi connectivity index (χ1v) is 7.48. The highest BCUT2D eigenvalue weighted by Gasteiger charge is 2.64. The van der Waals surface area contributed by atoms with Gasteiger partial charge in [-0.2, -0.15) is 10.4 Å². The van der Waals surface area contributed by atoms with Gasteiger partial charge < -0.3 is 0 Å². The van der Waals surface area contributed by atoms with Gasteiger partial charge in [0.15, 0.2) is 0 Å². The summed E-state index contributed by atoms with van der Waals surface area (Å²) in [6.07, 6.45) is 6.44. The number of nitrogens with one attached hydrogen (secondary N) is 1. The number of nitrogens with zero attached hydrogens (tertiary/aromatic N) is 2. The summed E-state index contributed by atoms with van der Waals surface area (Å²) in [5, 5.41) is 12.8. The summed E-state index contributed by atoms with van der Waals surface area (Å²) in [6.45, 7) is 2.23. The fourth-order valence-corrected chi connectivity index (χ4v) is 3.73. The smallest absolute Gasteiger partial charge is 0.244 e. The minimum atomic E-state index is 0.0503. The van der Waals surface area contributed by atoms with Crippen LogP contribution in [0.5, 0.6) is 0 Å². The number of carbonyl (C=O) groups excluding carboxylic acids is 1. The Bertz CT molecular complexity index is 614. The Morgan fingerprint density at radius 3 is 2.81 bits per heavy atom. The molecule has 0 spiro atoms. The van der Waals surface area contributed by atoms with Gasteiger partial charge in [-0.05, 0) is 41.9 Å². The molecular weight excluding hydrogens is 262 g/mol. The van der Waals surface area contributed by atoms with Crippen LogP contribution in [0.15, 0.2) is 29.4 Å². The molecule has 0 aromatic heterocycles. The second kappa shape index (κ2) is 5.33. The summed E-state index contributed by atoms with van der Waals surface area (Å²) in [5.41, 5.74) is 4.37. The summed E-state index contributed by atoms with van der Waals surface area (Å²) < 4.78 is 0. The van der Waals surface area contributed by atoms with E-state index < -0.39 is 0 Å². The molecule has 2 saturated carbocycles. The first kappa shape index (κ1) is 13.8. The number of hydrogen-bond acceptors (Lipinski definition) is 3. The lowest BCUT2D eigenvalue weighted by atomic mass is 9.90. The average Bonchev–Trinajstić information content (AvgIpc) is 3.13. The lowest BCUT2D eigenvalue weighted by molar-refractivity contribution is -0.123. The van der Waals surface area contributed by atoms with Gasteiger partial charge in [-0.1, -0.05) is 31.9 Å². The van der Waals surface area contributed by atoms with E-state index >= 15 is 0 Å². The van der Waals surface area contributed by atoms with Crippen molar-refractivity contribution < 1.29 is 4.79 Å². The maximum absolute atomic E-state index is 12.2. The van der Waals surface area contributed by atoms with Gasteiger partial charge in [0.2, 0.25) is 5.91 Å². The van der Waals surface area contributed by atoms with Crippen LogP contribution < -0.4 is 5.43 Å². The Morgan fingerprint density at radius 2 is 2.19 bits per heavy atom. The number of hydrazone groups is 1. The fraction of sp³-hybridized carbons (Fsp3) is 0.471. The molecule has 0 heterocycles. The van der Waals surface area contributed by atoms with Gasteiger partial charge in [0.25, 0.3) is 0 Å². The zero-order valence-electron chi connectivity index (χ0n) is 12.2. The standard InChI is InChI=1S/C17H19N3O/c1-17-9-3-2-4-14(17)15(17)16(21)20-19-11-13-7-5-12(10-18)6-8-13/h5-8,11,14-15H,2-4,9H2,1H3,(H,20,21)/b19-11+/t14-,15+,17+/m0/s1. The normalized spacial score (nSPS) is 30.5. The van der Waals surface area contributed by atoms with E-state index in [0.717, 1.165) is 12.0 Å². The van der Waals surface area contributed by atoms with Gasteiger partial charge in [-0.25, -0.2) is 5.43 Å². The molecule has 0 radical (unpaired) electrons. The van der Waals surface area contributed by atoms with Gasteiger partial charge in [0, 0.05) is 5.92 Å². The number of nitriles is 1. The summed E-state index contributed by atoms with van der Waals surface area (Å²) in [7, 11) is 0. The lowest BCUT2D eigenvalue weighted by Crippen LogP contribution is -2.22. The van der Waals surface area contributed by atoms with Crippen LogP contribution in [-0.2, 0) is 4.79 Å². The van der Waals surface area contributed by atoms with Crippen LogP contribution in [-0.4, -0.2) is 12.1 Å². The molecule has 0 bridgehead atoms. The molecule has 21 heavy (non-hydrogen) atoms. The van der Waals surface area contributed by atoms with Gasteiger partial charge in [0.05, 0.1) is 17.8 Å². The fourth-order valence-electron chi connectivity index (χ4n) is 3.73. The highest BCUT2D eigenvalue weighted by molar-refractivity contribution is 5.85. The van der Waals surface area contributed by atoms with Gasteiger partial charge in [-0.15, -0.1) is 0 Å². The third kappa shape index (κ3) is 2.56. The van der Waals surface area contributed by atoms with E-state index in [1.165, 1.54) is 19.3 Å². The first-order chi connectivity index (χ1) is 10.1. The predicted octanol–water partition coefficient (Wildman–Crippen LogP) is 2.83. The summed E-state index contributed by atoms with van der Waals surface area (Å²) in [6, 6.07) is 9.17. The van der Waals surface area contributed by atoms with E-state index in [1.807, 2.05) is 12.1 Å². The zero-order chi connectivity index (χ0) is 14.9. The van der Waals surface area contributed by atoms with Gasteiger partial charge in [0.1, 0.15) is 0 Å². The van der Waals surface area contributed by atoms with Crippen LogP contribution in [0.4, 0.5) is 0 Å². The molecule has 2 aliphatic carbocycles. The van der Waals surface area contributed by atoms with Crippen molar-refractivity contribution in [3.8, 4) is 6.07 Å². The number of benzene rings is 1. The zero-order valence-corrected chi connectivity index (χ0v) is 12.2. The van der Waals surface area contributed by atoms with E-state index in [0.29, 0.717) is 11.5 Å². The SMILES string of the molecule is C[C@@]12CCCC[C@H]1[C@@H]2C(=O)N/N=C/c1ccc(C#N)cc1. The van der Waals surface area contributed by atoms with Crippen molar-refractivity contribution in [2.75, 3.05) is 0 Å². The number of carbonyl (C=O) groups is 1. The van der Waals surface area contributed by atoms with Crippen molar-refractivity contribution in [3.63, 3.8) is 0 Å². The monoisotopic (exact) mass is 281 g/mol. The van der Waals surface area contributed by atoms with Crippen LogP contribution in [0.2, 0.25) is 0 Å². The number of hydrogen-bond donors (Lipinski definition) is 1. The Hall–Kier alpha value is -2.15. The van der Waals surface area contributed by atoms with Crippen LogP contribution in [0.25, 0.3) is 0 Å². The Kier molecular flexibility index (Phi) is 3.50. The highest BCUT2D eigenvalue weighted by Crippen LogP contribution is 2.66. The molecule has 4 heteroatoms. The molecule has 108 valence electrons. The molecular formula is C17H19N3O. The second-order valence-electron chi connectivity index (χ2n) is 6.30. The van der Waals surface area contributed by atoms with Crippen molar-refractivity contribution in [2.24, 2.45) is 22.4 Å². The molecule has 1 amide bonds. The maximum atomic E-state index is 12.2. The van der Waals surface area contributed by atoms with Crippen LogP contribution in [0.3, 0.4) is 0 Å². The Morgan fingerprint density at radius 1 is 1.43 bits per heavy atom. The first-order valence-electron chi connectivity index (χ1n) is 7.48. The van der Waals surface area contributed by atoms with Crippen molar-refractivity contribution in [3.05, 3.63) is 35.4 Å². The van der Waals surface area contributed by atoms with Crippen LogP contribution in [0, 0.1) is 28.6 Å². The van der Waals surface area contributed by atoms with E-state index in [4.69, 9.17) is 5.26 Å². The summed E-state index contributed by atoms with van der Waals surface area (Å²) in [5.74, 6) is 0.740. The van der Waals surface area contributed by atoms with Gasteiger partial charge in [-0.3, -0.25) is 4.79 Å². The average molecular weight is 281 g/mol. The molecule has 4 nitrogen and oxygen atoms in total. The number of fused-ring (bicyclic) bond motifs is 1. The molecule has 2 fully saturated rings. The summed E-state index contributed by atoms with van der Waals surface area (Å²) >= 11 is 0. The molecule has 2 aliphatic rings. The third-order valence-electron chi connectivity index (χ3n) is 5.04. The largest absolute Gasteiger partial charge is 0.273 e. The minimum Gasteiger partial charge on any atom is -0.273 e. The number of amides is 1. The molecule has 0 saturated heterocycles. The Labute approximate surface area is 124 Å². The summed E-state index contributed by atoms with van der Waals surface area (Å²) in [4.78, 5) is 12.2. The molecule has 1 aromatic carbocycles. The molecule has 3 rings (SSSR count). The maximum Gasteiger partial charge on any atom is 0.244 e. The second-order valence-corrected chi connectivity index (χ2v) is 6.30. The van der Waals surface area contributed by atoms with Crippen molar-refractivity contribution in [1.29, 1.82) is 5.26 Å². The van der Waals surface area contributed by atoms with E-state index in [9.17, 15) is 4.79 Å². The number of rotatable bonds is 3. The predicted molar refractivity (Wildman–Crippen MR) is 80.4 cm³/mol. The minimum absolute atomic E-state index is 0.0503. The van der Waals surface area contributed by atoms with E-state index in [2.05, 4.69) is 23.5 Å². The van der Waals surface area contributed by atoms with Crippen LogP contribution >= 0.6 is 0 Å². The quantitative estimate of drug-likeness (QED) is 0.684. The molecule has 1 aromatic rings. The van der Waals surface area contributed by atoms with Crippen molar-refractivity contribution in [1.82, 2.24) is 5.43 Å². The topological polar surface area (TPSA) is 65.2 Å². The third-order valence-corrected chi connectivity index (χ3v) is 5.04. The van der Waals surface area contributed by atoms with Gasteiger partial charge >= 0.3 is 0 Å².